The standard InChI is InChI=1S/C9H7N3O4/c10-3-5-1-6(4-12(15)16)8(11)7(2-5)9(13)14/h1-2H,4,11H2,(H,13,14). The molecule has 0 bridgehead atoms. The molecule has 7 nitrogen and oxygen atoms in total. The van der Waals surface area contributed by atoms with Crippen LogP contribution in [-0.4, -0.2) is 16.0 Å². The minimum Gasteiger partial charge on any atom is -0.478 e. The highest BCUT2D eigenvalue weighted by Crippen LogP contribution is 2.21. The van der Waals surface area contributed by atoms with Gasteiger partial charge in [-0.1, -0.05) is 0 Å². The van der Waals surface area contributed by atoms with Crippen LogP contribution in [0.2, 0.25) is 0 Å². The Morgan fingerprint density at radius 1 is 1.62 bits per heavy atom. The van der Waals surface area contributed by atoms with Crippen LogP contribution in [0.15, 0.2) is 12.1 Å². The molecule has 16 heavy (non-hydrogen) atoms. The molecule has 3 N–H and O–H groups in total. The first-order valence-electron chi connectivity index (χ1n) is 4.13. The molecule has 0 heterocycles. The fraction of sp³-hybridized carbons (Fsp3) is 0.111. The number of nitrogens with two attached hydrogens (primary N) is 1. The van der Waals surface area contributed by atoms with Crippen LogP contribution in [0.3, 0.4) is 0 Å². The first-order valence-corrected chi connectivity index (χ1v) is 4.13. The lowest BCUT2D eigenvalue weighted by Gasteiger charge is -2.05. The van der Waals surface area contributed by atoms with Gasteiger partial charge in [-0.15, -0.1) is 0 Å². The molecule has 0 saturated carbocycles. The minimum absolute atomic E-state index is 0.0291. The predicted octanol–water partition coefficient (Wildman–Crippen LogP) is 0.615. The molecule has 0 spiro atoms. The van der Waals surface area contributed by atoms with Crippen LogP contribution in [0, 0.1) is 21.4 Å². The molecule has 0 aromatic heterocycles. The smallest absolute Gasteiger partial charge is 0.337 e. The zero-order chi connectivity index (χ0) is 12.3. The van der Waals surface area contributed by atoms with E-state index in [9.17, 15) is 14.9 Å². The zero-order valence-corrected chi connectivity index (χ0v) is 8.01. The third-order valence-electron chi connectivity index (χ3n) is 1.92. The topological polar surface area (TPSA) is 130 Å². The maximum absolute atomic E-state index is 10.8. The van der Waals surface area contributed by atoms with Crippen LogP contribution in [0.25, 0.3) is 0 Å². The molecule has 0 saturated heterocycles. The van der Waals surface area contributed by atoms with Crippen LogP contribution < -0.4 is 5.73 Å². The van der Waals surface area contributed by atoms with Crippen molar-refractivity contribution in [1.82, 2.24) is 0 Å². The summed E-state index contributed by atoms with van der Waals surface area (Å²) in [6.07, 6.45) is 0. The van der Waals surface area contributed by atoms with Crippen LogP contribution in [-0.2, 0) is 6.54 Å². The Morgan fingerprint density at radius 2 is 2.25 bits per heavy atom. The molecule has 0 fully saturated rings. The van der Waals surface area contributed by atoms with Gasteiger partial charge in [0.2, 0.25) is 6.54 Å². The molecule has 82 valence electrons. The van der Waals surface area contributed by atoms with Crippen molar-refractivity contribution in [3.8, 4) is 6.07 Å². The maximum Gasteiger partial charge on any atom is 0.337 e. The number of carboxylic acids is 1. The van der Waals surface area contributed by atoms with E-state index < -0.39 is 17.4 Å². The number of carboxylic acid groups (broad SMARTS) is 1. The second-order valence-corrected chi connectivity index (χ2v) is 3.00. The number of benzene rings is 1. The SMILES string of the molecule is N#Cc1cc(C[N+](=O)[O-])c(N)c(C(=O)O)c1. The lowest BCUT2D eigenvalue weighted by atomic mass is 10.0. The predicted molar refractivity (Wildman–Crippen MR) is 53.2 cm³/mol. The number of carbonyl (C=O) groups is 1. The van der Waals surface area contributed by atoms with Gasteiger partial charge in [0.25, 0.3) is 0 Å². The first-order chi connectivity index (χ1) is 7.45. The van der Waals surface area contributed by atoms with Crippen molar-refractivity contribution in [2.45, 2.75) is 6.54 Å². The molecule has 0 aliphatic carbocycles. The molecule has 0 atom stereocenters. The van der Waals surface area contributed by atoms with Gasteiger partial charge in [-0.3, -0.25) is 10.1 Å². The number of hydrogen-bond donors (Lipinski definition) is 2. The number of hydrogen-bond acceptors (Lipinski definition) is 5. The summed E-state index contributed by atoms with van der Waals surface area (Å²) < 4.78 is 0. The van der Waals surface area contributed by atoms with Crippen molar-refractivity contribution in [3.05, 3.63) is 38.9 Å². The Morgan fingerprint density at radius 3 is 2.69 bits per heavy atom. The van der Waals surface area contributed by atoms with Crippen LogP contribution in [0.5, 0.6) is 0 Å². The zero-order valence-electron chi connectivity index (χ0n) is 8.01. The van der Waals surface area contributed by atoms with Gasteiger partial charge in [-0.05, 0) is 12.1 Å². The minimum atomic E-state index is -1.32. The van der Waals surface area contributed by atoms with E-state index in [1.165, 1.54) is 6.07 Å². The average molecular weight is 221 g/mol. The number of rotatable bonds is 3. The van der Waals surface area contributed by atoms with Crippen molar-refractivity contribution in [1.29, 1.82) is 5.26 Å². The maximum atomic E-state index is 10.8. The van der Waals surface area contributed by atoms with E-state index in [2.05, 4.69) is 0 Å². The second kappa shape index (κ2) is 4.27. The van der Waals surface area contributed by atoms with Crippen molar-refractivity contribution < 1.29 is 14.8 Å². The fourth-order valence-corrected chi connectivity index (χ4v) is 1.22. The summed E-state index contributed by atoms with van der Waals surface area (Å²) in [5, 5.41) is 27.7. The van der Waals surface area contributed by atoms with Crippen molar-refractivity contribution in [2.24, 2.45) is 0 Å². The fourth-order valence-electron chi connectivity index (χ4n) is 1.22. The van der Waals surface area contributed by atoms with Crippen molar-refractivity contribution in [3.63, 3.8) is 0 Å². The second-order valence-electron chi connectivity index (χ2n) is 3.00. The largest absolute Gasteiger partial charge is 0.478 e. The highest BCUT2D eigenvalue weighted by molar-refractivity contribution is 5.94. The van der Waals surface area contributed by atoms with E-state index in [0.29, 0.717) is 0 Å². The number of nitrogen functional groups attached to an aromatic ring is 1. The van der Waals surface area contributed by atoms with E-state index in [1.807, 2.05) is 0 Å². The number of nitro groups is 1. The van der Waals surface area contributed by atoms with Gasteiger partial charge < -0.3 is 10.8 Å². The molecule has 7 heteroatoms. The third kappa shape index (κ3) is 2.24. The number of nitrogens with zero attached hydrogens (tertiary/aromatic N) is 2. The van der Waals surface area contributed by atoms with Crippen molar-refractivity contribution >= 4 is 11.7 Å². The van der Waals surface area contributed by atoms with Crippen LogP contribution in [0.4, 0.5) is 5.69 Å². The summed E-state index contributed by atoms with van der Waals surface area (Å²) >= 11 is 0. The summed E-state index contributed by atoms with van der Waals surface area (Å²) in [5.74, 6) is -1.32. The summed E-state index contributed by atoms with van der Waals surface area (Å²) in [6, 6.07) is 4.02. The van der Waals surface area contributed by atoms with Gasteiger partial charge in [-0.25, -0.2) is 4.79 Å². The van der Waals surface area contributed by atoms with E-state index >= 15 is 0 Å². The Bertz CT molecular complexity index is 504. The molecule has 0 aliphatic rings. The third-order valence-corrected chi connectivity index (χ3v) is 1.92. The van der Waals surface area contributed by atoms with Gasteiger partial charge in [0.05, 0.1) is 22.9 Å². The van der Waals surface area contributed by atoms with Gasteiger partial charge in [-0.2, -0.15) is 5.26 Å². The molecule has 0 radical (unpaired) electrons. The van der Waals surface area contributed by atoms with Gasteiger partial charge in [0.15, 0.2) is 0 Å². The summed E-state index contributed by atoms with van der Waals surface area (Å²) in [5.41, 5.74) is 5.05. The number of nitriles is 1. The molecule has 0 unspecified atom stereocenters. The molecule has 1 aromatic carbocycles. The molecule has 0 aliphatic heterocycles. The normalized spacial score (nSPS) is 9.44. The van der Waals surface area contributed by atoms with Crippen LogP contribution >= 0.6 is 0 Å². The molecule has 0 amide bonds. The number of aromatic carboxylic acids is 1. The molecular weight excluding hydrogens is 214 g/mol. The van der Waals surface area contributed by atoms with E-state index in [4.69, 9.17) is 16.1 Å². The van der Waals surface area contributed by atoms with E-state index in [1.54, 1.807) is 6.07 Å². The quantitative estimate of drug-likeness (QED) is 0.437. The molecular formula is C9H7N3O4. The Labute approximate surface area is 89.9 Å². The highest BCUT2D eigenvalue weighted by Gasteiger charge is 2.16. The van der Waals surface area contributed by atoms with E-state index in [-0.39, 0.29) is 22.4 Å². The van der Waals surface area contributed by atoms with Gasteiger partial charge in [0.1, 0.15) is 0 Å². The van der Waals surface area contributed by atoms with E-state index in [0.717, 1.165) is 6.07 Å². The van der Waals surface area contributed by atoms with Gasteiger partial charge >= 0.3 is 5.97 Å². The van der Waals surface area contributed by atoms with Crippen molar-refractivity contribution in [2.75, 3.05) is 5.73 Å². The summed E-state index contributed by atoms with van der Waals surface area (Å²) in [7, 11) is 0. The summed E-state index contributed by atoms with van der Waals surface area (Å²) in [6.45, 7) is -0.609. The average Bonchev–Trinajstić information content (AvgIpc) is 2.19. The monoisotopic (exact) mass is 221 g/mol. The first kappa shape index (κ1) is 11.5. The lowest BCUT2D eigenvalue weighted by molar-refractivity contribution is -0.496. The summed E-state index contributed by atoms with van der Waals surface area (Å²) in [4.78, 5) is 20.4. The van der Waals surface area contributed by atoms with Crippen LogP contribution in [0.1, 0.15) is 21.5 Å². The Hall–Kier alpha value is -2.62. The molecule has 1 rings (SSSR count). The number of anilines is 1. The van der Waals surface area contributed by atoms with Gasteiger partial charge in [0, 0.05) is 10.5 Å². The Balaban J connectivity index is 3.38. The Kier molecular flexibility index (Phi) is 3.06. The highest BCUT2D eigenvalue weighted by atomic mass is 16.6. The molecule has 1 aromatic rings. The lowest BCUT2D eigenvalue weighted by Crippen LogP contribution is -2.09.